The van der Waals surface area contributed by atoms with Crippen molar-refractivity contribution in [3.8, 4) is 0 Å². The van der Waals surface area contributed by atoms with Gasteiger partial charge in [0.1, 0.15) is 18.1 Å². The quantitative estimate of drug-likeness (QED) is 0.836. The van der Waals surface area contributed by atoms with Crippen molar-refractivity contribution in [3.63, 3.8) is 0 Å². The average Bonchev–Trinajstić information content (AvgIpc) is 2.70. The van der Waals surface area contributed by atoms with E-state index in [1.165, 1.54) is 19.3 Å². The molecule has 0 radical (unpaired) electrons. The highest BCUT2D eigenvalue weighted by Crippen LogP contribution is 2.36. The Balaban J connectivity index is 1.90. The Bertz CT molecular complexity index is 383. The maximum absolute atomic E-state index is 8.98. The lowest BCUT2D eigenvalue weighted by Gasteiger charge is -2.49. The molecule has 1 aliphatic rings. The first-order chi connectivity index (χ1) is 8.55. The zero-order valence-corrected chi connectivity index (χ0v) is 11.6. The van der Waals surface area contributed by atoms with E-state index in [0.717, 1.165) is 18.8 Å². The fourth-order valence-corrected chi connectivity index (χ4v) is 2.75. The van der Waals surface area contributed by atoms with Gasteiger partial charge in [0.05, 0.1) is 6.54 Å². The summed E-state index contributed by atoms with van der Waals surface area (Å²) in [5, 5.41) is 8.98. The predicted octanol–water partition coefficient (Wildman–Crippen LogP) is 1.69. The van der Waals surface area contributed by atoms with Crippen LogP contribution in [0.2, 0.25) is 0 Å². The highest BCUT2D eigenvalue weighted by molar-refractivity contribution is 5.07. The van der Waals surface area contributed by atoms with Crippen molar-refractivity contribution in [1.29, 1.82) is 0 Å². The molecule has 102 valence electrons. The molecule has 1 aliphatic carbocycles. The van der Waals surface area contributed by atoms with Gasteiger partial charge in [-0.25, -0.2) is 0 Å². The van der Waals surface area contributed by atoms with Gasteiger partial charge in [-0.2, -0.15) is 0 Å². The van der Waals surface area contributed by atoms with Crippen LogP contribution in [0.5, 0.6) is 0 Å². The summed E-state index contributed by atoms with van der Waals surface area (Å²) >= 11 is 0. The molecule has 1 fully saturated rings. The van der Waals surface area contributed by atoms with Gasteiger partial charge in [0.15, 0.2) is 0 Å². The topological polar surface area (TPSA) is 39.9 Å². The molecule has 0 unspecified atom stereocenters. The summed E-state index contributed by atoms with van der Waals surface area (Å²) in [4.78, 5) is 4.66. The average molecular weight is 252 g/mol. The summed E-state index contributed by atoms with van der Waals surface area (Å²) < 4.78 is 5.52. The Hall–Kier alpha value is -0.840. The first kappa shape index (κ1) is 13.6. The van der Waals surface area contributed by atoms with Crippen LogP contribution in [0.15, 0.2) is 16.5 Å². The van der Waals surface area contributed by atoms with E-state index >= 15 is 0 Å². The van der Waals surface area contributed by atoms with Crippen molar-refractivity contribution >= 4 is 0 Å². The smallest absolute Gasteiger partial charge is 0.129 e. The van der Waals surface area contributed by atoms with Gasteiger partial charge in [-0.15, -0.1) is 0 Å². The predicted molar refractivity (Wildman–Crippen MR) is 71.2 cm³/mol. The Morgan fingerprint density at radius 1 is 1.22 bits per heavy atom. The maximum Gasteiger partial charge on any atom is 0.129 e. The zero-order chi connectivity index (χ0) is 13.2. The largest absolute Gasteiger partial charge is 0.462 e. The number of nitrogens with zero attached hydrogens (tertiary/aromatic N) is 2. The van der Waals surface area contributed by atoms with Crippen molar-refractivity contribution in [1.82, 2.24) is 9.80 Å². The molecule has 18 heavy (non-hydrogen) atoms. The van der Waals surface area contributed by atoms with E-state index in [9.17, 15) is 0 Å². The Morgan fingerprint density at radius 3 is 2.33 bits per heavy atom. The first-order valence-corrected chi connectivity index (χ1v) is 6.60. The molecule has 0 amide bonds. The number of furan rings is 1. The number of likely N-dealkylation sites (N-methyl/N-ethyl adjacent to an activating group) is 2. The third kappa shape index (κ3) is 2.76. The molecule has 4 nitrogen and oxygen atoms in total. The van der Waals surface area contributed by atoms with Crippen molar-refractivity contribution in [3.05, 3.63) is 23.7 Å². The van der Waals surface area contributed by atoms with Gasteiger partial charge in [0.25, 0.3) is 0 Å². The Labute approximate surface area is 109 Å². The van der Waals surface area contributed by atoms with Crippen LogP contribution in [-0.2, 0) is 13.2 Å². The van der Waals surface area contributed by atoms with Gasteiger partial charge in [-0.1, -0.05) is 0 Å². The number of hydrogen-bond acceptors (Lipinski definition) is 4. The fraction of sp³-hybridized carbons (Fsp3) is 0.714. The molecule has 0 bridgehead atoms. The van der Waals surface area contributed by atoms with Crippen LogP contribution in [0.25, 0.3) is 0 Å². The van der Waals surface area contributed by atoms with Crippen molar-refractivity contribution < 1.29 is 9.52 Å². The minimum Gasteiger partial charge on any atom is -0.462 e. The van der Waals surface area contributed by atoms with Crippen molar-refractivity contribution in [2.45, 2.75) is 38.0 Å². The van der Waals surface area contributed by atoms with E-state index in [-0.39, 0.29) is 6.61 Å². The maximum atomic E-state index is 8.98. The van der Waals surface area contributed by atoms with Gasteiger partial charge in [-0.3, -0.25) is 4.90 Å². The lowest BCUT2D eigenvalue weighted by Crippen LogP contribution is -2.56. The van der Waals surface area contributed by atoms with Crippen molar-refractivity contribution in [2.75, 3.05) is 27.7 Å². The summed E-state index contributed by atoms with van der Waals surface area (Å²) in [6.07, 6.45) is 3.90. The highest BCUT2D eigenvalue weighted by atomic mass is 16.4. The second-order valence-corrected chi connectivity index (χ2v) is 5.67. The molecule has 2 rings (SSSR count). The van der Waals surface area contributed by atoms with E-state index in [1.807, 2.05) is 12.1 Å². The second-order valence-electron chi connectivity index (χ2n) is 5.67. The van der Waals surface area contributed by atoms with E-state index in [4.69, 9.17) is 9.52 Å². The van der Waals surface area contributed by atoms with E-state index in [0.29, 0.717) is 11.3 Å². The number of aliphatic hydroxyl groups is 1. The molecule has 0 aliphatic heterocycles. The third-order valence-corrected chi connectivity index (χ3v) is 4.10. The molecule has 0 aromatic carbocycles. The normalized spacial score (nSPS) is 18.3. The van der Waals surface area contributed by atoms with Crippen LogP contribution in [0.4, 0.5) is 0 Å². The minimum absolute atomic E-state index is 0.0225. The Morgan fingerprint density at radius 2 is 1.89 bits per heavy atom. The lowest BCUT2D eigenvalue weighted by atomic mass is 9.75. The SMILES string of the molecule is CN(Cc1ccc(CO)o1)CC1(N(C)C)CCC1. The summed E-state index contributed by atoms with van der Waals surface area (Å²) in [5.74, 6) is 1.57. The molecule has 1 aromatic heterocycles. The molecule has 1 saturated carbocycles. The highest BCUT2D eigenvalue weighted by Gasteiger charge is 2.39. The van der Waals surface area contributed by atoms with Gasteiger partial charge >= 0.3 is 0 Å². The van der Waals surface area contributed by atoms with Gasteiger partial charge in [0.2, 0.25) is 0 Å². The van der Waals surface area contributed by atoms with Crippen LogP contribution < -0.4 is 0 Å². The lowest BCUT2D eigenvalue weighted by molar-refractivity contribution is 0.0242. The molecule has 0 saturated heterocycles. The fourth-order valence-electron chi connectivity index (χ4n) is 2.75. The number of aliphatic hydroxyl groups excluding tert-OH is 1. The first-order valence-electron chi connectivity index (χ1n) is 6.60. The van der Waals surface area contributed by atoms with Crippen LogP contribution in [0.3, 0.4) is 0 Å². The molecular weight excluding hydrogens is 228 g/mol. The monoisotopic (exact) mass is 252 g/mol. The van der Waals surface area contributed by atoms with Crippen LogP contribution in [-0.4, -0.2) is 48.1 Å². The number of rotatable bonds is 6. The molecular formula is C14H24N2O2. The van der Waals surface area contributed by atoms with Gasteiger partial charge in [-0.05, 0) is 52.5 Å². The molecule has 0 atom stereocenters. The molecule has 1 N–H and O–H groups in total. The summed E-state index contributed by atoms with van der Waals surface area (Å²) in [6.45, 7) is 1.84. The molecule has 1 aromatic rings. The second kappa shape index (κ2) is 5.43. The van der Waals surface area contributed by atoms with Gasteiger partial charge < -0.3 is 14.4 Å². The summed E-state index contributed by atoms with van der Waals surface area (Å²) in [7, 11) is 6.47. The third-order valence-electron chi connectivity index (χ3n) is 4.10. The summed E-state index contributed by atoms with van der Waals surface area (Å²) in [5.41, 5.74) is 0.348. The van der Waals surface area contributed by atoms with Crippen LogP contribution >= 0.6 is 0 Å². The van der Waals surface area contributed by atoms with E-state index < -0.39 is 0 Å². The molecule has 4 heteroatoms. The zero-order valence-electron chi connectivity index (χ0n) is 11.6. The van der Waals surface area contributed by atoms with Crippen molar-refractivity contribution in [2.24, 2.45) is 0 Å². The Kier molecular flexibility index (Phi) is 4.10. The molecule has 0 spiro atoms. The van der Waals surface area contributed by atoms with Crippen LogP contribution in [0.1, 0.15) is 30.8 Å². The standard InChI is InChI=1S/C14H24N2O2/c1-15(2)14(7-4-8-14)11-16(3)9-12-5-6-13(10-17)18-12/h5-6,17H,4,7-11H2,1-3H3. The van der Waals surface area contributed by atoms with Crippen LogP contribution in [0, 0.1) is 0 Å². The molecule has 1 heterocycles. The van der Waals surface area contributed by atoms with Gasteiger partial charge in [0, 0.05) is 12.1 Å². The minimum atomic E-state index is -0.0225. The number of hydrogen-bond donors (Lipinski definition) is 1. The summed E-state index contributed by atoms with van der Waals surface area (Å²) in [6, 6.07) is 3.79. The van der Waals surface area contributed by atoms with E-state index in [2.05, 4.69) is 30.9 Å². The van der Waals surface area contributed by atoms with E-state index in [1.54, 1.807) is 0 Å².